The highest BCUT2D eigenvalue weighted by molar-refractivity contribution is 9.10. The fourth-order valence-corrected chi connectivity index (χ4v) is 2.25. The Hall–Kier alpha value is -3.06. The smallest absolute Gasteiger partial charge is 0.287 e. The largest absolute Gasteiger partial charge is 0.505 e. The molecule has 0 unspecified atom stereocenters. The van der Waals surface area contributed by atoms with Gasteiger partial charge in [0.25, 0.3) is 17.0 Å². The van der Waals surface area contributed by atoms with Gasteiger partial charge in [0.1, 0.15) is 15.9 Å². The molecule has 0 atom stereocenters. The molecule has 1 aromatic carbocycles. The van der Waals surface area contributed by atoms with Gasteiger partial charge in [-0.1, -0.05) is 0 Å². The Labute approximate surface area is 143 Å². The molecule has 10 heteroatoms. The van der Waals surface area contributed by atoms with Crippen molar-refractivity contribution >= 4 is 38.9 Å². The Morgan fingerprint density at radius 2 is 1.92 bits per heavy atom. The molecule has 0 aliphatic heterocycles. The van der Waals surface area contributed by atoms with Gasteiger partial charge < -0.3 is 15.3 Å². The molecule has 2 rings (SSSR count). The van der Waals surface area contributed by atoms with Gasteiger partial charge in [-0.15, -0.1) is 0 Å². The number of aromatic hydroxyl groups is 1. The zero-order valence-corrected chi connectivity index (χ0v) is 14.2. The van der Waals surface area contributed by atoms with Gasteiger partial charge in [-0.3, -0.25) is 24.6 Å². The molecule has 1 heterocycles. The number of carbonyl (C=O) groups is 1. The van der Waals surface area contributed by atoms with E-state index in [1.165, 1.54) is 31.1 Å². The van der Waals surface area contributed by atoms with Crippen LogP contribution in [0, 0.1) is 6.57 Å². The number of hydrogen-bond acceptors (Lipinski definition) is 5. The Kier molecular flexibility index (Phi) is 4.75. The fraction of sp³-hybridized carbons (Fsp3) is 0.143. The zero-order valence-electron chi connectivity index (χ0n) is 12.6. The van der Waals surface area contributed by atoms with E-state index < -0.39 is 22.8 Å². The second kappa shape index (κ2) is 6.59. The summed E-state index contributed by atoms with van der Waals surface area (Å²) < 4.78 is -0.0839. The summed E-state index contributed by atoms with van der Waals surface area (Å²) >= 11 is 2.98. The van der Waals surface area contributed by atoms with Crippen LogP contribution in [0.15, 0.2) is 26.2 Å². The molecule has 0 aliphatic rings. The average Bonchev–Trinajstić information content (AvgIpc) is 2.55. The first-order chi connectivity index (χ1) is 11.3. The van der Waals surface area contributed by atoms with Crippen LogP contribution in [0.4, 0.5) is 17.1 Å². The Bertz CT molecular complexity index is 971. The second-order valence-corrected chi connectivity index (χ2v) is 5.72. The van der Waals surface area contributed by atoms with Crippen molar-refractivity contribution in [2.24, 2.45) is 0 Å². The van der Waals surface area contributed by atoms with Gasteiger partial charge in [0.05, 0.1) is 17.8 Å². The van der Waals surface area contributed by atoms with Crippen LogP contribution >= 0.6 is 15.9 Å². The highest BCUT2D eigenvalue weighted by Crippen LogP contribution is 2.35. The summed E-state index contributed by atoms with van der Waals surface area (Å²) in [5, 5.41) is 17.2. The highest BCUT2D eigenvalue weighted by atomic mass is 79.9. The van der Waals surface area contributed by atoms with Crippen molar-refractivity contribution in [3.63, 3.8) is 0 Å². The number of amides is 1. The molecule has 124 valence electrons. The monoisotopic (exact) mass is 393 g/mol. The maximum atomic E-state index is 12.1. The predicted molar refractivity (Wildman–Crippen MR) is 91.1 cm³/mol. The molecule has 24 heavy (non-hydrogen) atoms. The quantitative estimate of drug-likeness (QED) is 0.465. The van der Waals surface area contributed by atoms with Crippen LogP contribution in [0.3, 0.4) is 0 Å². The van der Waals surface area contributed by atoms with E-state index in [4.69, 9.17) is 6.57 Å². The number of nitrogens with zero attached hydrogens (tertiary/aromatic N) is 2. The number of aromatic nitrogens is 2. The number of benzene rings is 1. The summed E-state index contributed by atoms with van der Waals surface area (Å²) in [5.74, 6) is -0.951. The molecular formula is C14H12BrN5O4. The van der Waals surface area contributed by atoms with Crippen molar-refractivity contribution in [2.75, 3.05) is 19.4 Å². The first-order valence-corrected chi connectivity index (χ1v) is 7.29. The van der Waals surface area contributed by atoms with Gasteiger partial charge >= 0.3 is 0 Å². The molecule has 0 saturated carbocycles. The lowest BCUT2D eigenvalue weighted by Gasteiger charge is -2.15. The van der Waals surface area contributed by atoms with Crippen molar-refractivity contribution in [1.29, 1.82) is 0 Å². The summed E-state index contributed by atoms with van der Waals surface area (Å²) in [6.45, 7) is 7.11. The van der Waals surface area contributed by atoms with Gasteiger partial charge in [0.2, 0.25) is 0 Å². The first-order valence-electron chi connectivity index (χ1n) is 6.49. The number of phenolic OH excluding ortho intramolecular Hbond substituents is 1. The number of phenols is 1. The molecule has 0 spiro atoms. The van der Waals surface area contributed by atoms with E-state index in [1.54, 1.807) is 0 Å². The third-order valence-corrected chi connectivity index (χ3v) is 3.81. The summed E-state index contributed by atoms with van der Waals surface area (Å²) in [6, 6.07) is 2.51. The van der Waals surface area contributed by atoms with Crippen LogP contribution in [-0.2, 0) is 0 Å². The molecule has 2 aromatic rings. The number of aromatic amines is 2. The zero-order chi connectivity index (χ0) is 18.0. The number of carbonyl (C=O) groups excluding carboxylic acids is 1. The van der Waals surface area contributed by atoms with Gasteiger partial charge in [-0.05, 0) is 28.1 Å². The van der Waals surface area contributed by atoms with Gasteiger partial charge in [0, 0.05) is 14.1 Å². The third-order valence-electron chi connectivity index (χ3n) is 3.06. The van der Waals surface area contributed by atoms with Crippen LogP contribution in [0.1, 0.15) is 10.4 Å². The lowest BCUT2D eigenvalue weighted by Crippen LogP contribution is -2.23. The summed E-state index contributed by atoms with van der Waals surface area (Å²) in [6.07, 6.45) is 0. The minimum atomic E-state index is -0.658. The summed E-state index contributed by atoms with van der Waals surface area (Å²) in [5.41, 5.74) is -1.49. The number of halogens is 1. The molecule has 4 N–H and O–H groups in total. The third kappa shape index (κ3) is 3.16. The van der Waals surface area contributed by atoms with E-state index in [1.807, 2.05) is 0 Å². The maximum Gasteiger partial charge on any atom is 0.287 e. The molecule has 0 fully saturated rings. The van der Waals surface area contributed by atoms with E-state index in [0.717, 1.165) is 0 Å². The number of H-pyrrole nitrogens is 2. The van der Waals surface area contributed by atoms with Crippen LogP contribution in [0.25, 0.3) is 4.85 Å². The van der Waals surface area contributed by atoms with E-state index in [2.05, 4.69) is 36.3 Å². The van der Waals surface area contributed by atoms with Gasteiger partial charge in [0.15, 0.2) is 5.69 Å². The summed E-state index contributed by atoms with van der Waals surface area (Å²) in [7, 11) is 2.99. The van der Waals surface area contributed by atoms with E-state index in [-0.39, 0.29) is 27.1 Å². The summed E-state index contributed by atoms with van der Waals surface area (Å²) in [4.78, 5) is 40.0. The van der Waals surface area contributed by atoms with E-state index in [0.29, 0.717) is 0 Å². The molecular weight excluding hydrogens is 382 g/mol. The van der Waals surface area contributed by atoms with Gasteiger partial charge in [-0.25, -0.2) is 4.85 Å². The van der Waals surface area contributed by atoms with Crippen LogP contribution in [-0.4, -0.2) is 40.2 Å². The number of rotatable bonds is 3. The first kappa shape index (κ1) is 17.3. The molecule has 1 amide bonds. The van der Waals surface area contributed by atoms with Crippen molar-refractivity contribution in [3.8, 4) is 5.75 Å². The highest BCUT2D eigenvalue weighted by Gasteiger charge is 2.19. The minimum Gasteiger partial charge on any atom is -0.505 e. The predicted octanol–water partition coefficient (Wildman–Crippen LogP) is 1.53. The standard InChI is InChI=1S/C14H12BrN5O4/c1-16-6-4-7(14(24)20(2)3)11(21)8(5-6)17-10-9(15)12(22)18-19-13(10)23/h4-5,21H,2-3H3,(H,19,23)(H2,17,18,22). The number of anilines is 2. The molecule has 0 bridgehead atoms. The number of hydrogen-bond donors (Lipinski definition) is 4. The Morgan fingerprint density at radius 3 is 2.50 bits per heavy atom. The van der Waals surface area contributed by atoms with Crippen LogP contribution in [0.2, 0.25) is 0 Å². The molecule has 0 aliphatic carbocycles. The SMILES string of the molecule is [C-]#[N+]c1cc(Nc2c(Br)c(=O)[nH][nH]c2=O)c(O)c(C(=O)N(C)C)c1. The van der Waals surface area contributed by atoms with Gasteiger partial charge in [-0.2, -0.15) is 0 Å². The average molecular weight is 394 g/mol. The molecule has 0 radical (unpaired) electrons. The minimum absolute atomic E-state index is 0.0505. The van der Waals surface area contributed by atoms with Crippen LogP contribution in [0.5, 0.6) is 5.75 Å². The number of nitrogens with one attached hydrogen (secondary N) is 3. The van der Waals surface area contributed by atoms with E-state index in [9.17, 15) is 19.5 Å². The van der Waals surface area contributed by atoms with Crippen molar-refractivity contribution in [1.82, 2.24) is 15.1 Å². The Morgan fingerprint density at radius 1 is 1.29 bits per heavy atom. The lowest BCUT2D eigenvalue weighted by atomic mass is 10.1. The Balaban J connectivity index is 2.64. The molecule has 1 aromatic heterocycles. The molecule has 0 saturated heterocycles. The topological polar surface area (TPSA) is 123 Å². The van der Waals surface area contributed by atoms with Crippen molar-refractivity contribution < 1.29 is 9.90 Å². The van der Waals surface area contributed by atoms with Crippen LogP contribution < -0.4 is 16.4 Å². The van der Waals surface area contributed by atoms with Crippen molar-refractivity contribution in [2.45, 2.75) is 0 Å². The van der Waals surface area contributed by atoms with Crippen molar-refractivity contribution in [3.05, 3.63) is 54.3 Å². The maximum absolute atomic E-state index is 12.1. The second-order valence-electron chi connectivity index (χ2n) is 4.92. The van der Waals surface area contributed by atoms with E-state index >= 15 is 0 Å². The molecule has 9 nitrogen and oxygen atoms in total. The lowest BCUT2D eigenvalue weighted by molar-refractivity contribution is 0.0825. The fourth-order valence-electron chi connectivity index (χ4n) is 1.87. The normalized spacial score (nSPS) is 10.1.